The summed E-state index contributed by atoms with van der Waals surface area (Å²) in [6, 6.07) is 10.3. The van der Waals surface area contributed by atoms with E-state index >= 15 is 0 Å². The molecule has 1 aromatic heterocycles. The number of aromatic amines is 1. The number of rotatable bonds is 1. The Morgan fingerprint density at radius 3 is 2.53 bits per heavy atom. The fraction of sp³-hybridized carbons (Fsp3) is 0. The lowest BCUT2D eigenvalue weighted by Gasteiger charge is -2.04. The van der Waals surface area contributed by atoms with E-state index in [1.54, 1.807) is 0 Å². The summed E-state index contributed by atoms with van der Waals surface area (Å²) in [7, 11) is 0. The van der Waals surface area contributed by atoms with Crippen LogP contribution in [-0.2, 0) is 0 Å². The number of H-pyrrole nitrogens is 1. The zero-order chi connectivity index (χ0) is 13.6. The third kappa shape index (κ3) is 2.28. The molecule has 0 bridgehead atoms. The largest absolute Gasteiger partial charge is 0.507 e. The van der Waals surface area contributed by atoms with Gasteiger partial charge in [-0.2, -0.15) is 0 Å². The lowest BCUT2D eigenvalue weighted by molar-refractivity contribution is 0.471. The van der Waals surface area contributed by atoms with Gasteiger partial charge >= 0.3 is 0 Å². The SMILES string of the molecule is Oc1cc(Br)cc(F)c1-c1cc2cc(Br)ccc2[nH]1. The Bertz CT molecular complexity index is 759. The van der Waals surface area contributed by atoms with Crippen LogP contribution in [0.1, 0.15) is 0 Å². The lowest BCUT2D eigenvalue weighted by atomic mass is 10.1. The Balaban J connectivity index is 2.24. The van der Waals surface area contributed by atoms with Crippen molar-refractivity contribution in [3.8, 4) is 17.0 Å². The zero-order valence-electron chi connectivity index (χ0n) is 9.55. The van der Waals surface area contributed by atoms with Crippen molar-refractivity contribution >= 4 is 42.8 Å². The van der Waals surface area contributed by atoms with E-state index in [2.05, 4.69) is 36.8 Å². The molecule has 0 aliphatic carbocycles. The van der Waals surface area contributed by atoms with E-state index in [9.17, 15) is 9.50 Å². The Morgan fingerprint density at radius 2 is 1.79 bits per heavy atom. The van der Waals surface area contributed by atoms with Crippen molar-refractivity contribution in [2.24, 2.45) is 0 Å². The van der Waals surface area contributed by atoms with Crippen LogP contribution in [0.5, 0.6) is 5.75 Å². The molecule has 3 aromatic rings. The van der Waals surface area contributed by atoms with Gasteiger partial charge in [-0.25, -0.2) is 4.39 Å². The number of aromatic hydroxyl groups is 1. The molecule has 0 saturated heterocycles. The number of halogens is 3. The number of hydrogen-bond donors (Lipinski definition) is 2. The van der Waals surface area contributed by atoms with Crippen molar-refractivity contribution < 1.29 is 9.50 Å². The minimum Gasteiger partial charge on any atom is -0.507 e. The van der Waals surface area contributed by atoms with Crippen LogP contribution in [-0.4, -0.2) is 10.1 Å². The predicted molar refractivity (Wildman–Crippen MR) is 80.8 cm³/mol. The maximum atomic E-state index is 14.0. The summed E-state index contributed by atoms with van der Waals surface area (Å²) in [6.07, 6.45) is 0. The van der Waals surface area contributed by atoms with Gasteiger partial charge in [0, 0.05) is 19.8 Å². The Hall–Kier alpha value is -1.33. The molecule has 0 aliphatic heterocycles. The van der Waals surface area contributed by atoms with Gasteiger partial charge in [-0.15, -0.1) is 0 Å². The minimum absolute atomic E-state index is 0.0995. The molecule has 2 nitrogen and oxygen atoms in total. The van der Waals surface area contributed by atoms with Crippen LogP contribution in [0, 0.1) is 5.82 Å². The van der Waals surface area contributed by atoms with Gasteiger partial charge in [0.1, 0.15) is 11.6 Å². The van der Waals surface area contributed by atoms with E-state index < -0.39 is 5.82 Å². The number of phenols is 1. The molecule has 0 spiro atoms. The molecular weight excluding hydrogens is 377 g/mol. The first-order valence-corrected chi connectivity index (χ1v) is 7.10. The molecule has 0 radical (unpaired) electrons. The molecule has 2 N–H and O–H groups in total. The molecule has 5 heteroatoms. The van der Waals surface area contributed by atoms with E-state index in [0.29, 0.717) is 10.2 Å². The number of fused-ring (bicyclic) bond motifs is 1. The molecule has 1 heterocycles. The third-order valence-electron chi connectivity index (χ3n) is 2.89. The van der Waals surface area contributed by atoms with Crippen molar-refractivity contribution in [3.05, 3.63) is 51.2 Å². The average molecular weight is 385 g/mol. The van der Waals surface area contributed by atoms with Crippen LogP contribution in [0.15, 0.2) is 45.3 Å². The van der Waals surface area contributed by atoms with E-state index in [1.165, 1.54) is 12.1 Å². The Kier molecular flexibility index (Phi) is 3.11. The van der Waals surface area contributed by atoms with Crippen LogP contribution in [0.3, 0.4) is 0 Å². The first-order chi connectivity index (χ1) is 9.04. The van der Waals surface area contributed by atoms with E-state index in [4.69, 9.17) is 0 Å². The summed E-state index contributed by atoms with van der Waals surface area (Å²) < 4.78 is 15.4. The number of phenolic OH excluding ortho intramolecular Hbond substituents is 1. The molecule has 0 amide bonds. The molecule has 19 heavy (non-hydrogen) atoms. The van der Waals surface area contributed by atoms with Crippen molar-refractivity contribution in [3.63, 3.8) is 0 Å². The standard InChI is InChI=1S/C14H8Br2FNO/c15-8-1-2-11-7(3-8)4-12(18-11)14-10(17)5-9(16)6-13(14)19/h1-6,18-19H. The van der Waals surface area contributed by atoms with Crippen LogP contribution >= 0.6 is 31.9 Å². The smallest absolute Gasteiger partial charge is 0.137 e. The monoisotopic (exact) mass is 383 g/mol. The molecule has 0 aliphatic rings. The van der Waals surface area contributed by atoms with Gasteiger partial charge in [0.05, 0.1) is 11.3 Å². The summed E-state index contributed by atoms with van der Waals surface area (Å²) in [4.78, 5) is 3.10. The van der Waals surface area contributed by atoms with Gasteiger partial charge in [0.15, 0.2) is 0 Å². The molecule has 0 atom stereocenters. The number of benzene rings is 2. The van der Waals surface area contributed by atoms with Crippen LogP contribution in [0.2, 0.25) is 0 Å². The second kappa shape index (κ2) is 4.65. The van der Waals surface area contributed by atoms with Gasteiger partial charge in [-0.1, -0.05) is 31.9 Å². The first-order valence-electron chi connectivity index (χ1n) is 5.51. The molecule has 0 fully saturated rings. The van der Waals surface area contributed by atoms with Crippen LogP contribution < -0.4 is 0 Å². The summed E-state index contributed by atoms with van der Waals surface area (Å²) in [5.74, 6) is -0.574. The highest BCUT2D eigenvalue weighted by Crippen LogP contribution is 2.36. The summed E-state index contributed by atoms with van der Waals surface area (Å²) in [6.45, 7) is 0. The van der Waals surface area contributed by atoms with Crippen molar-refractivity contribution in [2.45, 2.75) is 0 Å². The van der Waals surface area contributed by atoms with Crippen molar-refractivity contribution in [2.75, 3.05) is 0 Å². The van der Waals surface area contributed by atoms with Gasteiger partial charge < -0.3 is 10.1 Å². The highest BCUT2D eigenvalue weighted by molar-refractivity contribution is 9.10. The molecule has 96 valence electrons. The normalized spacial score (nSPS) is 11.1. The van der Waals surface area contributed by atoms with Gasteiger partial charge in [0.2, 0.25) is 0 Å². The van der Waals surface area contributed by atoms with E-state index in [0.717, 1.165) is 15.4 Å². The summed E-state index contributed by atoms with van der Waals surface area (Å²) in [5.41, 5.74) is 1.62. The molecule has 0 saturated carbocycles. The Morgan fingerprint density at radius 1 is 1.00 bits per heavy atom. The topological polar surface area (TPSA) is 36.0 Å². The molecule has 0 unspecified atom stereocenters. The number of hydrogen-bond acceptors (Lipinski definition) is 1. The fourth-order valence-corrected chi connectivity index (χ4v) is 2.86. The fourth-order valence-electron chi connectivity index (χ4n) is 2.06. The van der Waals surface area contributed by atoms with E-state index in [-0.39, 0.29) is 11.3 Å². The molecular formula is C14H8Br2FNO. The summed E-state index contributed by atoms with van der Waals surface area (Å²) >= 11 is 6.54. The van der Waals surface area contributed by atoms with Crippen molar-refractivity contribution in [1.82, 2.24) is 4.98 Å². The molecule has 2 aromatic carbocycles. The van der Waals surface area contributed by atoms with Crippen molar-refractivity contribution in [1.29, 1.82) is 0 Å². The quantitative estimate of drug-likeness (QED) is 0.593. The summed E-state index contributed by atoms with van der Waals surface area (Å²) in [5, 5.41) is 10.9. The van der Waals surface area contributed by atoms with Gasteiger partial charge in [0.25, 0.3) is 0 Å². The Labute approximate surface area is 125 Å². The number of aromatic nitrogens is 1. The highest BCUT2D eigenvalue weighted by Gasteiger charge is 2.14. The lowest BCUT2D eigenvalue weighted by Crippen LogP contribution is -1.86. The van der Waals surface area contributed by atoms with E-state index in [1.807, 2.05) is 24.3 Å². The maximum absolute atomic E-state index is 14.0. The van der Waals surface area contributed by atoms with Gasteiger partial charge in [-0.05, 0) is 36.4 Å². The average Bonchev–Trinajstić information content (AvgIpc) is 2.69. The predicted octanol–water partition coefficient (Wildman–Crippen LogP) is 5.20. The molecule has 3 rings (SSSR count). The number of nitrogens with one attached hydrogen (secondary N) is 1. The van der Waals surface area contributed by atoms with Gasteiger partial charge in [-0.3, -0.25) is 0 Å². The minimum atomic E-state index is -0.475. The van der Waals surface area contributed by atoms with Crippen LogP contribution in [0.4, 0.5) is 4.39 Å². The van der Waals surface area contributed by atoms with Crippen LogP contribution in [0.25, 0.3) is 22.2 Å². The highest BCUT2D eigenvalue weighted by atomic mass is 79.9. The third-order valence-corrected chi connectivity index (χ3v) is 3.84. The maximum Gasteiger partial charge on any atom is 0.137 e. The second-order valence-corrected chi connectivity index (χ2v) is 6.03. The first kappa shape index (κ1) is 12.7. The second-order valence-electron chi connectivity index (χ2n) is 4.20. The zero-order valence-corrected chi connectivity index (χ0v) is 12.7.